The molecule has 9 heteroatoms. The van der Waals surface area contributed by atoms with Gasteiger partial charge in [0.05, 0.1) is 16.6 Å². The van der Waals surface area contributed by atoms with Crippen LogP contribution in [0.5, 0.6) is 0 Å². The van der Waals surface area contributed by atoms with Gasteiger partial charge in [-0.1, -0.05) is 12.1 Å². The number of nitrogens with zero attached hydrogens (tertiary/aromatic N) is 2. The van der Waals surface area contributed by atoms with Crippen molar-refractivity contribution in [3.63, 3.8) is 0 Å². The Balaban J connectivity index is 1.72. The largest absolute Gasteiger partial charge is 0.378 e. The molecule has 8 nitrogen and oxygen atoms in total. The Bertz CT molecular complexity index is 581. The predicted octanol–water partition coefficient (Wildman–Crippen LogP) is 0.656. The molecule has 0 bridgehead atoms. The summed E-state index contributed by atoms with van der Waals surface area (Å²) in [5.74, 6) is 0.700. The molecule has 1 aromatic rings. The molecule has 1 aliphatic rings. The lowest BCUT2D eigenvalue weighted by Crippen LogP contribution is -2.39. The second-order valence-electron chi connectivity index (χ2n) is 4.62. The fraction of sp³-hybridized carbons (Fsp3) is 0.385. The van der Waals surface area contributed by atoms with Gasteiger partial charge in [-0.05, 0) is 6.07 Å². The highest BCUT2D eigenvalue weighted by atomic mass is 32.2. The number of hydrogen-bond acceptors (Lipinski definition) is 6. The highest BCUT2D eigenvalue weighted by Gasteiger charge is 2.22. The average molecular weight is 324 g/mol. The second-order valence-corrected chi connectivity index (χ2v) is 5.58. The highest BCUT2D eigenvalue weighted by molar-refractivity contribution is 8.00. The van der Waals surface area contributed by atoms with Crippen molar-refractivity contribution in [1.82, 2.24) is 10.2 Å². The summed E-state index contributed by atoms with van der Waals surface area (Å²) >= 11 is 1.48. The van der Waals surface area contributed by atoms with Gasteiger partial charge in [-0.3, -0.25) is 19.7 Å². The first kappa shape index (κ1) is 16.1. The third-order valence-electron chi connectivity index (χ3n) is 3.02. The molecule has 1 saturated heterocycles. The van der Waals surface area contributed by atoms with Crippen molar-refractivity contribution >= 4 is 35.0 Å². The van der Waals surface area contributed by atoms with Crippen LogP contribution in [0.15, 0.2) is 24.3 Å². The Hall–Kier alpha value is -2.29. The summed E-state index contributed by atoms with van der Waals surface area (Å²) in [6.45, 7) is 0.733. The van der Waals surface area contributed by atoms with Gasteiger partial charge in [0, 0.05) is 19.2 Å². The lowest BCUT2D eigenvalue weighted by molar-refractivity contribution is -0.384. The number of benzene rings is 1. The van der Waals surface area contributed by atoms with Gasteiger partial charge in [-0.2, -0.15) is 0 Å². The van der Waals surface area contributed by atoms with E-state index < -0.39 is 4.92 Å². The molecule has 0 atom stereocenters. The number of para-hydroxylation sites is 2. The second kappa shape index (κ2) is 7.64. The molecule has 2 N–H and O–H groups in total. The van der Waals surface area contributed by atoms with Crippen molar-refractivity contribution in [1.29, 1.82) is 0 Å². The van der Waals surface area contributed by atoms with E-state index >= 15 is 0 Å². The minimum Gasteiger partial charge on any atom is -0.378 e. The van der Waals surface area contributed by atoms with E-state index in [0.717, 1.165) is 0 Å². The lowest BCUT2D eigenvalue weighted by Gasteiger charge is -2.14. The van der Waals surface area contributed by atoms with Crippen LogP contribution < -0.4 is 10.6 Å². The Labute approximate surface area is 131 Å². The normalized spacial score (nSPS) is 14.0. The van der Waals surface area contributed by atoms with E-state index in [9.17, 15) is 19.7 Å². The maximum atomic E-state index is 11.7. The molecule has 0 aromatic heterocycles. The van der Waals surface area contributed by atoms with Gasteiger partial charge in [0.15, 0.2) is 0 Å². The number of nitrogens with one attached hydrogen (secondary N) is 2. The smallest absolute Gasteiger partial charge is 0.292 e. The lowest BCUT2D eigenvalue weighted by atomic mass is 10.2. The Morgan fingerprint density at radius 2 is 2.14 bits per heavy atom. The van der Waals surface area contributed by atoms with Crippen LogP contribution in [0, 0.1) is 10.1 Å². The molecule has 0 spiro atoms. The fourth-order valence-electron chi connectivity index (χ4n) is 1.95. The molecule has 1 aromatic carbocycles. The number of amides is 2. The molecule has 2 rings (SSSR count). The quantitative estimate of drug-likeness (QED) is 0.434. The number of anilines is 1. The maximum Gasteiger partial charge on any atom is 0.292 e. The zero-order valence-electron chi connectivity index (χ0n) is 11.8. The fourth-order valence-corrected chi connectivity index (χ4v) is 2.86. The third-order valence-corrected chi connectivity index (χ3v) is 3.97. The molecule has 0 aliphatic carbocycles. The summed E-state index contributed by atoms with van der Waals surface area (Å²) in [6, 6.07) is 6.32. The van der Waals surface area contributed by atoms with E-state index in [2.05, 4.69) is 10.6 Å². The molecular formula is C13H16N4O4S. The van der Waals surface area contributed by atoms with Gasteiger partial charge in [0.2, 0.25) is 11.8 Å². The van der Waals surface area contributed by atoms with Gasteiger partial charge in [0.25, 0.3) is 5.69 Å². The summed E-state index contributed by atoms with van der Waals surface area (Å²) in [5, 5.41) is 16.4. The first-order valence-electron chi connectivity index (χ1n) is 6.67. The van der Waals surface area contributed by atoms with E-state index in [4.69, 9.17) is 0 Å². The minimum absolute atomic E-state index is 0.00600. The monoisotopic (exact) mass is 324 g/mol. The zero-order valence-corrected chi connectivity index (χ0v) is 12.6. The van der Waals surface area contributed by atoms with Crippen LogP contribution in [0.3, 0.4) is 0 Å². The van der Waals surface area contributed by atoms with Gasteiger partial charge < -0.3 is 15.5 Å². The van der Waals surface area contributed by atoms with E-state index in [0.29, 0.717) is 30.4 Å². The number of hydrogen-bond donors (Lipinski definition) is 2. The molecule has 2 amide bonds. The number of nitro benzene ring substituents is 1. The summed E-state index contributed by atoms with van der Waals surface area (Å²) in [5.41, 5.74) is 0.404. The number of rotatable bonds is 7. The van der Waals surface area contributed by atoms with Crippen LogP contribution in [0.4, 0.5) is 11.4 Å². The maximum absolute atomic E-state index is 11.7. The predicted molar refractivity (Wildman–Crippen MR) is 83.6 cm³/mol. The molecule has 1 fully saturated rings. The van der Waals surface area contributed by atoms with Crippen LogP contribution in [0.1, 0.15) is 0 Å². The van der Waals surface area contributed by atoms with Crippen LogP contribution in [-0.4, -0.2) is 52.9 Å². The third kappa shape index (κ3) is 4.35. The van der Waals surface area contributed by atoms with Gasteiger partial charge >= 0.3 is 0 Å². The molecule has 0 unspecified atom stereocenters. The number of carbonyl (C=O) groups is 2. The van der Waals surface area contributed by atoms with Crippen LogP contribution >= 0.6 is 11.8 Å². The number of thioether (sulfide) groups is 1. The van der Waals surface area contributed by atoms with Crippen molar-refractivity contribution in [2.75, 3.05) is 36.6 Å². The highest BCUT2D eigenvalue weighted by Crippen LogP contribution is 2.22. The SMILES string of the molecule is O=C(CN1CSCC1=O)NCCNc1ccccc1[N+](=O)[O-]. The first-order chi connectivity index (χ1) is 10.6. The van der Waals surface area contributed by atoms with Crippen LogP contribution in [0.2, 0.25) is 0 Å². The van der Waals surface area contributed by atoms with Gasteiger partial charge in [-0.15, -0.1) is 11.8 Å². The number of nitro groups is 1. The van der Waals surface area contributed by atoms with Crippen LogP contribution in [-0.2, 0) is 9.59 Å². The van der Waals surface area contributed by atoms with Crippen molar-refractivity contribution in [2.45, 2.75) is 0 Å². The topological polar surface area (TPSA) is 105 Å². The van der Waals surface area contributed by atoms with Crippen molar-refractivity contribution < 1.29 is 14.5 Å². The van der Waals surface area contributed by atoms with E-state index in [1.165, 1.54) is 22.7 Å². The standard InChI is InChI=1S/C13H16N4O4S/c18-12(7-16-9-22-8-13(16)19)15-6-5-14-10-3-1-2-4-11(10)17(20)21/h1-4,14H,5-9H2,(H,15,18). The molecular weight excluding hydrogens is 308 g/mol. The van der Waals surface area contributed by atoms with Crippen molar-refractivity contribution in [3.8, 4) is 0 Å². The summed E-state index contributed by atoms with van der Waals surface area (Å²) in [6.07, 6.45) is 0. The molecule has 1 aliphatic heterocycles. The zero-order chi connectivity index (χ0) is 15.9. The number of carbonyl (C=O) groups excluding carboxylic acids is 2. The molecule has 22 heavy (non-hydrogen) atoms. The molecule has 118 valence electrons. The first-order valence-corrected chi connectivity index (χ1v) is 7.83. The summed E-state index contributed by atoms with van der Waals surface area (Å²) in [4.78, 5) is 34.9. The van der Waals surface area contributed by atoms with Gasteiger partial charge in [-0.25, -0.2) is 0 Å². The van der Waals surface area contributed by atoms with E-state index in [-0.39, 0.29) is 24.0 Å². The van der Waals surface area contributed by atoms with Gasteiger partial charge in [0.1, 0.15) is 12.2 Å². The molecule has 0 saturated carbocycles. The Kier molecular flexibility index (Phi) is 5.59. The van der Waals surface area contributed by atoms with E-state index in [1.54, 1.807) is 18.2 Å². The van der Waals surface area contributed by atoms with Crippen molar-refractivity contribution in [3.05, 3.63) is 34.4 Å². The Morgan fingerprint density at radius 3 is 2.82 bits per heavy atom. The molecule has 1 heterocycles. The van der Waals surface area contributed by atoms with E-state index in [1.807, 2.05) is 0 Å². The molecule has 0 radical (unpaired) electrons. The Morgan fingerprint density at radius 1 is 1.36 bits per heavy atom. The minimum atomic E-state index is -0.461. The summed E-state index contributed by atoms with van der Waals surface area (Å²) in [7, 11) is 0. The van der Waals surface area contributed by atoms with Crippen molar-refractivity contribution in [2.24, 2.45) is 0 Å². The average Bonchev–Trinajstić information content (AvgIpc) is 2.89. The van der Waals surface area contributed by atoms with Crippen LogP contribution in [0.25, 0.3) is 0 Å². The summed E-state index contributed by atoms with van der Waals surface area (Å²) < 4.78 is 0.